The highest BCUT2D eigenvalue weighted by molar-refractivity contribution is 6.05. The Morgan fingerprint density at radius 3 is 2.54 bits per heavy atom. The van der Waals surface area contributed by atoms with Crippen molar-refractivity contribution in [2.45, 2.75) is 32.7 Å². The number of hydrogen-bond donors (Lipinski definition) is 1. The third-order valence-corrected chi connectivity index (χ3v) is 5.11. The first kappa shape index (κ1) is 16.6. The van der Waals surface area contributed by atoms with Gasteiger partial charge in [0, 0.05) is 17.2 Å². The fourth-order valence-corrected chi connectivity index (χ4v) is 3.35. The number of hydrogen-bond acceptors (Lipinski definition) is 3. The summed E-state index contributed by atoms with van der Waals surface area (Å²) in [5, 5.41) is 3.48. The fraction of sp³-hybridized carbons (Fsp3) is 0.273. The van der Waals surface area contributed by atoms with Crippen LogP contribution in [0.5, 0.6) is 0 Å². The first-order chi connectivity index (χ1) is 12.6. The van der Waals surface area contributed by atoms with Crippen molar-refractivity contribution in [2.75, 3.05) is 0 Å². The van der Waals surface area contributed by atoms with Gasteiger partial charge in [0.2, 0.25) is 0 Å². The molecule has 1 aromatic heterocycles. The molecule has 1 fully saturated rings. The Morgan fingerprint density at radius 2 is 1.85 bits per heavy atom. The van der Waals surface area contributed by atoms with Crippen molar-refractivity contribution in [3.63, 3.8) is 0 Å². The second-order valence-corrected chi connectivity index (χ2v) is 7.03. The Hall–Kier alpha value is -2.88. The van der Waals surface area contributed by atoms with Gasteiger partial charge in [-0.25, -0.2) is 0 Å². The monoisotopic (exact) mass is 347 g/mol. The Morgan fingerprint density at radius 1 is 1.12 bits per heavy atom. The van der Waals surface area contributed by atoms with Crippen molar-refractivity contribution in [3.05, 3.63) is 69.9 Å². The summed E-state index contributed by atoms with van der Waals surface area (Å²) in [5.41, 5.74) is 2.03. The number of amides is 1. The molecule has 3 aromatic rings. The minimum absolute atomic E-state index is 0.102. The van der Waals surface area contributed by atoms with Gasteiger partial charge >= 0.3 is 0 Å². The van der Waals surface area contributed by atoms with Crippen LogP contribution >= 0.6 is 0 Å². The van der Waals surface area contributed by atoms with E-state index in [2.05, 4.69) is 5.32 Å². The van der Waals surface area contributed by atoms with Crippen LogP contribution in [0.2, 0.25) is 0 Å². The van der Waals surface area contributed by atoms with Gasteiger partial charge in [0.1, 0.15) is 5.76 Å². The van der Waals surface area contributed by atoms with Gasteiger partial charge in [-0.1, -0.05) is 36.4 Å². The largest absolute Gasteiger partial charge is 0.455 e. The second-order valence-electron chi connectivity index (χ2n) is 7.03. The number of fused-ring (bicyclic) bond motifs is 1. The minimum atomic E-state index is -0.194. The van der Waals surface area contributed by atoms with Crippen LogP contribution in [0.3, 0.4) is 0 Å². The topological polar surface area (TPSA) is 59.3 Å². The lowest BCUT2D eigenvalue weighted by molar-refractivity contribution is 0.0936. The molecule has 0 unspecified atom stereocenters. The van der Waals surface area contributed by atoms with Crippen LogP contribution in [-0.2, 0) is 0 Å². The molecule has 4 nitrogen and oxygen atoms in total. The molecule has 1 N–H and O–H groups in total. The van der Waals surface area contributed by atoms with Crippen LogP contribution in [0.1, 0.15) is 35.7 Å². The normalized spacial score (nSPS) is 15.0. The molecule has 0 spiro atoms. The Kier molecular flexibility index (Phi) is 4.11. The molecule has 0 bridgehead atoms. The fourth-order valence-electron chi connectivity index (χ4n) is 3.35. The molecule has 1 heterocycles. The zero-order valence-corrected chi connectivity index (χ0v) is 14.9. The Bertz CT molecular complexity index is 1030. The zero-order chi connectivity index (χ0) is 18.3. The molecule has 4 heteroatoms. The molecule has 1 amide bonds. The average molecular weight is 347 g/mol. The van der Waals surface area contributed by atoms with Gasteiger partial charge in [-0.2, -0.15) is 0 Å². The molecule has 0 radical (unpaired) electrons. The standard InChI is InChI=1S/C22H21NO3/c1-13-19(24)17-9-6-10-18(22(25)23-14(2)15-11-12-15)21(17)26-20(13)16-7-4-3-5-8-16/h3-10,14-15H,11-12H2,1-2H3,(H,23,25)/t14-/m1/s1. The van der Waals surface area contributed by atoms with Gasteiger partial charge in [-0.15, -0.1) is 0 Å². The summed E-state index contributed by atoms with van der Waals surface area (Å²) in [4.78, 5) is 25.6. The van der Waals surface area contributed by atoms with E-state index in [-0.39, 0.29) is 17.4 Å². The van der Waals surface area contributed by atoms with Crippen molar-refractivity contribution in [3.8, 4) is 11.3 Å². The molecule has 2 aromatic carbocycles. The molecule has 1 aliphatic carbocycles. The summed E-state index contributed by atoms with van der Waals surface area (Å²) in [7, 11) is 0. The van der Waals surface area contributed by atoms with Crippen molar-refractivity contribution >= 4 is 16.9 Å². The van der Waals surface area contributed by atoms with E-state index in [1.54, 1.807) is 25.1 Å². The highest BCUT2D eigenvalue weighted by Gasteiger charge is 2.29. The summed E-state index contributed by atoms with van der Waals surface area (Å²) >= 11 is 0. The van der Waals surface area contributed by atoms with E-state index in [9.17, 15) is 9.59 Å². The van der Waals surface area contributed by atoms with E-state index in [4.69, 9.17) is 4.42 Å². The third-order valence-electron chi connectivity index (χ3n) is 5.11. The van der Waals surface area contributed by atoms with Gasteiger partial charge in [0.15, 0.2) is 11.0 Å². The van der Waals surface area contributed by atoms with Crippen molar-refractivity contribution < 1.29 is 9.21 Å². The van der Waals surface area contributed by atoms with Crippen molar-refractivity contribution in [1.29, 1.82) is 0 Å². The summed E-state index contributed by atoms with van der Waals surface area (Å²) in [6.07, 6.45) is 2.31. The van der Waals surface area contributed by atoms with Gasteiger partial charge in [0.05, 0.1) is 10.9 Å². The molecule has 1 saturated carbocycles. The average Bonchev–Trinajstić information content (AvgIpc) is 3.50. The molecule has 1 atom stereocenters. The summed E-state index contributed by atoms with van der Waals surface area (Å²) in [5.74, 6) is 0.877. The van der Waals surface area contributed by atoms with Crippen LogP contribution in [0, 0.1) is 12.8 Å². The molecular weight excluding hydrogens is 326 g/mol. The SMILES string of the molecule is Cc1c(-c2ccccc2)oc2c(C(=O)N[C@H](C)C3CC3)cccc2c1=O. The number of benzene rings is 2. The molecule has 0 saturated heterocycles. The van der Waals surface area contributed by atoms with Gasteiger partial charge in [0.25, 0.3) is 5.91 Å². The lowest BCUT2D eigenvalue weighted by Crippen LogP contribution is -2.34. The number of carbonyl (C=O) groups excluding carboxylic acids is 1. The second kappa shape index (κ2) is 6.45. The summed E-state index contributed by atoms with van der Waals surface area (Å²) in [6.45, 7) is 3.78. The number of nitrogens with one attached hydrogen (secondary N) is 1. The Balaban J connectivity index is 1.85. The van der Waals surface area contributed by atoms with E-state index in [0.29, 0.717) is 33.8 Å². The lowest BCUT2D eigenvalue weighted by Gasteiger charge is -2.14. The van der Waals surface area contributed by atoms with E-state index in [1.807, 2.05) is 37.3 Å². The predicted octanol–water partition coefficient (Wildman–Crippen LogP) is 4.30. The Labute approximate surface area is 151 Å². The molecule has 1 aliphatic rings. The predicted molar refractivity (Wildman–Crippen MR) is 102 cm³/mol. The van der Waals surface area contributed by atoms with Crippen LogP contribution in [-0.4, -0.2) is 11.9 Å². The molecule has 26 heavy (non-hydrogen) atoms. The quantitative estimate of drug-likeness (QED) is 0.765. The van der Waals surface area contributed by atoms with Crippen LogP contribution in [0.4, 0.5) is 0 Å². The molecule has 0 aliphatic heterocycles. The van der Waals surface area contributed by atoms with Gasteiger partial charge < -0.3 is 9.73 Å². The van der Waals surface area contributed by atoms with Crippen LogP contribution < -0.4 is 10.7 Å². The highest BCUT2D eigenvalue weighted by atomic mass is 16.3. The first-order valence-corrected chi connectivity index (χ1v) is 8.99. The van der Waals surface area contributed by atoms with Crippen LogP contribution in [0.25, 0.3) is 22.3 Å². The van der Waals surface area contributed by atoms with Crippen molar-refractivity contribution in [2.24, 2.45) is 5.92 Å². The van der Waals surface area contributed by atoms with Gasteiger partial charge in [-0.05, 0) is 44.7 Å². The van der Waals surface area contributed by atoms with E-state index in [0.717, 1.165) is 18.4 Å². The maximum atomic E-state index is 12.8. The lowest BCUT2D eigenvalue weighted by atomic mass is 10.0. The molecule has 4 rings (SSSR count). The minimum Gasteiger partial charge on any atom is -0.455 e. The van der Waals surface area contributed by atoms with E-state index >= 15 is 0 Å². The first-order valence-electron chi connectivity index (χ1n) is 8.99. The van der Waals surface area contributed by atoms with E-state index in [1.165, 1.54) is 0 Å². The summed E-state index contributed by atoms with van der Waals surface area (Å²) < 4.78 is 6.11. The van der Waals surface area contributed by atoms with Crippen molar-refractivity contribution in [1.82, 2.24) is 5.32 Å². The maximum Gasteiger partial charge on any atom is 0.255 e. The molecule has 132 valence electrons. The zero-order valence-electron chi connectivity index (χ0n) is 14.9. The number of carbonyl (C=O) groups is 1. The molecular formula is C22H21NO3. The van der Waals surface area contributed by atoms with Crippen LogP contribution in [0.15, 0.2) is 57.7 Å². The van der Waals surface area contributed by atoms with E-state index < -0.39 is 0 Å². The smallest absolute Gasteiger partial charge is 0.255 e. The third kappa shape index (κ3) is 2.92. The maximum absolute atomic E-state index is 12.8. The number of rotatable bonds is 4. The highest BCUT2D eigenvalue weighted by Crippen LogP contribution is 2.33. The number of para-hydroxylation sites is 1. The van der Waals surface area contributed by atoms with Gasteiger partial charge in [-0.3, -0.25) is 9.59 Å². The summed E-state index contributed by atoms with van der Waals surface area (Å²) in [6, 6.07) is 14.8.